The zero-order chi connectivity index (χ0) is 23.5. The van der Waals surface area contributed by atoms with Crippen molar-refractivity contribution in [3.05, 3.63) is 77.0 Å². The average molecular weight is 461 g/mol. The topological polar surface area (TPSA) is 127 Å². The Morgan fingerprint density at radius 1 is 1.00 bits per heavy atom. The van der Waals surface area contributed by atoms with Crippen LogP contribution in [0.4, 0.5) is 10.1 Å². The van der Waals surface area contributed by atoms with Crippen molar-refractivity contribution in [2.24, 2.45) is 0 Å². The molecule has 0 saturated carbocycles. The van der Waals surface area contributed by atoms with Gasteiger partial charge in [-0.15, -0.1) is 0 Å². The molecule has 168 valence electrons. The van der Waals surface area contributed by atoms with E-state index in [-0.39, 0.29) is 22.6 Å². The van der Waals surface area contributed by atoms with Crippen molar-refractivity contribution in [1.82, 2.24) is 10.9 Å². The Bertz CT molecular complexity index is 1290. The van der Waals surface area contributed by atoms with Crippen molar-refractivity contribution >= 4 is 27.5 Å². The first kappa shape index (κ1) is 22.8. The number of carbonyl (C=O) groups is 2. The Labute approximate surface area is 183 Å². The third-order valence-corrected chi connectivity index (χ3v) is 5.79. The highest BCUT2D eigenvalue weighted by atomic mass is 32.2. The second-order valence-corrected chi connectivity index (χ2v) is 8.34. The highest BCUT2D eigenvalue weighted by molar-refractivity contribution is 7.92. The van der Waals surface area contributed by atoms with Crippen LogP contribution in [0, 0.1) is 19.7 Å². The molecule has 0 aliphatic carbocycles. The summed E-state index contributed by atoms with van der Waals surface area (Å²) in [5, 5.41) is 0. The zero-order valence-corrected chi connectivity index (χ0v) is 18.2. The number of hydrogen-bond acceptors (Lipinski definition) is 6. The molecule has 2 amide bonds. The zero-order valence-electron chi connectivity index (χ0n) is 17.4. The molecule has 3 rings (SSSR count). The van der Waals surface area contributed by atoms with E-state index in [1.807, 2.05) is 0 Å². The van der Waals surface area contributed by atoms with Gasteiger partial charge in [0.2, 0.25) is 0 Å². The molecule has 0 bridgehead atoms. The number of sulfonamides is 1. The number of carbonyl (C=O) groups excluding carboxylic acids is 2. The third kappa shape index (κ3) is 4.89. The van der Waals surface area contributed by atoms with Gasteiger partial charge in [0, 0.05) is 5.56 Å². The Morgan fingerprint density at radius 2 is 1.69 bits per heavy atom. The number of benzene rings is 2. The molecule has 0 saturated heterocycles. The molecule has 32 heavy (non-hydrogen) atoms. The summed E-state index contributed by atoms with van der Waals surface area (Å²) < 4.78 is 52.4. The van der Waals surface area contributed by atoms with Gasteiger partial charge in [0.15, 0.2) is 0 Å². The molecule has 0 spiro atoms. The van der Waals surface area contributed by atoms with Gasteiger partial charge in [0.05, 0.1) is 18.4 Å². The summed E-state index contributed by atoms with van der Waals surface area (Å²) in [6.45, 7) is 3.26. The van der Waals surface area contributed by atoms with Crippen LogP contribution in [0.15, 0.2) is 57.8 Å². The molecule has 9 nitrogen and oxygen atoms in total. The molecule has 0 radical (unpaired) electrons. The number of hydrazine groups is 1. The Balaban J connectivity index is 1.79. The van der Waals surface area contributed by atoms with Gasteiger partial charge in [0.25, 0.3) is 21.8 Å². The van der Waals surface area contributed by atoms with Crippen LogP contribution in [-0.2, 0) is 10.0 Å². The fourth-order valence-corrected chi connectivity index (χ4v) is 4.06. The van der Waals surface area contributed by atoms with Gasteiger partial charge in [-0.2, -0.15) is 0 Å². The summed E-state index contributed by atoms with van der Waals surface area (Å²) in [5.41, 5.74) is 4.51. The van der Waals surface area contributed by atoms with Gasteiger partial charge >= 0.3 is 0 Å². The van der Waals surface area contributed by atoms with Crippen LogP contribution in [0.25, 0.3) is 0 Å². The highest BCUT2D eigenvalue weighted by Crippen LogP contribution is 2.27. The molecular formula is C21H20FN3O6S. The van der Waals surface area contributed by atoms with Crippen molar-refractivity contribution in [3.8, 4) is 5.75 Å². The molecule has 2 aromatic carbocycles. The van der Waals surface area contributed by atoms with Crippen molar-refractivity contribution in [3.63, 3.8) is 0 Å². The molecule has 0 unspecified atom stereocenters. The Hall–Kier alpha value is -3.86. The van der Waals surface area contributed by atoms with E-state index in [2.05, 4.69) is 15.6 Å². The van der Waals surface area contributed by atoms with Crippen LogP contribution in [-0.4, -0.2) is 27.3 Å². The molecule has 3 aromatic rings. The normalized spacial score (nSPS) is 11.0. The van der Waals surface area contributed by atoms with Gasteiger partial charge < -0.3 is 9.15 Å². The molecule has 0 atom stereocenters. The smallest absolute Gasteiger partial charge is 0.273 e. The number of rotatable bonds is 6. The van der Waals surface area contributed by atoms with Crippen LogP contribution in [0.5, 0.6) is 5.75 Å². The lowest BCUT2D eigenvalue weighted by molar-refractivity contribution is 0.0845. The number of nitrogens with one attached hydrogen (secondary N) is 3. The molecule has 0 fully saturated rings. The second-order valence-electron chi connectivity index (χ2n) is 6.69. The van der Waals surface area contributed by atoms with Crippen molar-refractivity contribution < 1.29 is 31.6 Å². The fourth-order valence-electron chi connectivity index (χ4n) is 2.89. The summed E-state index contributed by atoms with van der Waals surface area (Å²) in [7, 11) is -3.03. The first-order chi connectivity index (χ1) is 15.1. The van der Waals surface area contributed by atoms with Crippen molar-refractivity contribution in [2.75, 3.05) is 11.8 Å². The largest absolute Gasteiger partial charge is 0.495 e. The minimum atomic E-state index is -4.39. The van der Waals surface area contributed by atoms with Crippen molar-refractivity contribution in [2.45, 2.75) is 18.7 Å². The van der Waals surface area contributed by atoms with Crippen molar-refractivity contribution in [1.29, 1.82) is 0 Å². The number of furan rings is 1. The summed E-state index contributed by atoms with van der Waals surface area (Å²) in [5.74, 6) is -1.40. The fraction of sp³-hybridized carbons (Fsp3) is 0.143. The molecule has 11 heteroatoms. The van der Waals surface area contributed by atoms with Gasteiger partial charge in [-0.25, -0.2) is 12.8 Å². The van der Waals surface area contributed by atoms with E-state index in [9.17, 15) is 22.4 Å². The standard InChI is InChI=1S/C21H20FN3O6S/c1-12-10-15(13(2)31-12)21(27)24-23-20(26)14-8-9-16(22)19(11-14)32(28,29)25-17-6-4-5-7-18(17)30-3/h4-11,25H,1-3H3,(H,23,26)(H,24,27). The van der Waals surface area contributed by atoms with E-state index in [1.165, 1.54) is 25.3 Å². The predicted molar refractivity (Wildman–Crippen MR) is 113 cm³/mol. The summed E-state index contributed by atoms with van der Waals surface area (Å²) >= 11 is 0. The number of halogens is 1. The average Bonchev–Trinajstić information content (AvgIpc) is 3.10. The van der Waals surface area contributed by atoms with Crippen LogP contribution in [0.1, 0.15) is 32.2 Å². The van der Waals surface area contributed by atoms with E-state index >= 15 is 0 Å². The van der Waals surface area contributed by atoms with E-state index in [0.29, 0.717) is 11.5 Å². The second kappa shape index (κ2) is 9.10. The maximum absolute atomic E-state index is 14.3. The lowest BCUT2D eigenvalue weighted by Gasteiger charge is -2.13. The van der Waals surface area contributed by atoms with E-state index in [1.54, 1.807) is 26.0 Å². The monoisotopic (exact) mass is 461 g/mol. The SMILES string of the molecule is COc1ccccc1NS(=O)(=O)c1cc(C(=O)NNC(=O)c2cc(C)oc2C)ccc1F. The summed E-state index contributed by atoms with van der Waals surface area (Å²) in [6, 6.07) is 10.5. The van der Waals surface area contributed by atoms with Gasteiger partial charge in [-0.05, 0) is 50.2 Å². The minimum absolute atomic E-state index is 0.0993. The van der Waals surface area contributed by atoms with E-state index in [4.69, 9.17) is 9.15 Å². The number of anilines is 1. The minimum Gasteiger partial charge on any atom is -0.495 e. The van der Waals surface area contributed by atoms with Crippen LogP contribution < -0.4 is 20.3 Å². The number of para-hydroxylation sites is 2. The number of aryl methyl sites for hydroxylation is 2. The van der Waals surface area contributed by atoms with E-state index < -0.39 is 32.6 Å². The highest BCUT2D eigenvalue weighted by Gasteiger charge is 2.23. The molecule has 1 heterocycles. The number of hydrogen-bond donors (Lipinski definition) is 3. The number of ether oxygens (including phenoxy) is 1. The maximum Gasteiger partial charge on any atom is 0.273 e. The van der Waals surface area contributed by atoms with E-state index in [0.717, 1.165) is 18.2 Å². The maximum atomic E-state index is 14.3. The lowest BCUT2D eigenvalue weighted by Crippen LogP contribution is -2.41. The molecule has 0 aliphatic rings. The molecule has 1 aromatic heterocycles. The lowest BCUT2D eigenvalue weighted by atomic mass is 10.2. The summed E-state index contributed by atoms with van der Waals surface area (Å²) in [6.07, 6.45) is 0. The van der Waals surface area contributed by atoms with Gasteiger partial charge in [-0.3, -0.25) is 25.2 Å². The van der Waals surface area contributed by atoms with Crippen LogP contribution in [0.2, 0.25) is 0 Å². The van der Waals surface area contributed by atoms with Gasteiger partial charge in [0.1, 0.15) is 28.0 Å². The first-order valence-electron chi connectivity index (χ1n) is 9.25. The quantitative estimate of drug-likeness (QED) is 0.485. The molecule has 0 aliphatic heterocycles. The van der Waals surface area contributed by atoms with Gasteiger partial charge in [-0.1, -0.05) is 12.1 Å². The van der Waals surface area contributed by atoms with Crippen LogP contribution >= 0.6 is 0 Å². The Morgan fingerprint density at radius 3 is 2.34 bits per heavy atom. The predicted octanol–water partition coefficient (Wildman–Crippen LogP) is 2.92. The third-order valence-electron chi connectivity index (χ3n) is 4.41. The van der Waals surface area contributed by atoms with Crippen LogP contribution in [0.3, 0.4) is 0 Å². The molecular weight excluding hydrogens is 441 g/mol. The number of amides is 2. The summed E-state index contributed by atoms with van der Waals surface area (Å²) in [4.78, 5) is 23.9. The first-order valence-corrected chi connectivity index (χ1v) is 10.7. The molecule has 3 N–H and O–H groups in total. The Kier molecular flexibility index (Phi) is 6.49. The number of methoxy groups -OCH3 is 1.